The molecule has 210 valence electrons. The second-order valence-corrected chi connectivity index (χ2v) is 11.5. The number of carbonyl (C=O) groups is 2. The van der Waals surface area contributed by atoms with E-state index in [1.165, 1.54) is 6.42 Å². The van der Waals surface area contributed by atoms with Crippen LogP contribution >= 0.6 is 0 Å². The third-order valence-corrected chi connectivity index (χ3v) is 7.65. The van der Waals surface area contributed by atoms with E-state index in [4.69, 9.17) is 0 Å². The normalized spacial score (nSPS) is 18.4. The summed E-state index contributed by atoms with van der Waals surface area (Å²) < 4.78 is 0. The Kier molecular flexibility index (Phi) is 11.8. The highest BCUT2D eigenvalue weighted by Crippen LogP contribution is 2.29. The van der Waals surface area contributed by atoms with Crippen molar-refractivity contribution in [2.24, 2.45) is 11.8 Å². The molecule has 1 aromatic heterocycles. The first-order valence-corrected chi connectivity index (χ1v) is 14.2. The quantitative estimate of drug-likeness (QED) is 0.255. The molecule has 0 aliphatic heterocycles. The van der Waals surface area contributed by atoms with Gasteiger partial charge in [0.05, 0.1) is 18.5 Å². The molecule has 3 rings (SSSR count). The van der Waals surface area contributed by atoms with Crippen molar-refractivity contribution in [1.82, 2.24) is 20.6 Å². The first kappa shape index (κ1) is 29.8. The maximum absolute atomic E-state index is 13.6. The molecule has 0 saturated heterocycles. The summed E-state index contributed by atoms with van der Waals surface area (Å²) in [5, 5.41) is 27.8. The Balaban J connectivity index is 1.72. The van der Waals surface area contributed by atoms with Crippen LogP contribution in [0.2, 0.25) is 0 Å². The molecule has 0 bridgehead atoms. The molecule has 0 radical (unpaired) electrons. The molecule has 38 heavy (non-hydrogen) atoms. The zero-order chi connectivity index (χ0) is 27.5. The van der Waals surface area contributed by atoms with Gasteiger partial charge in [-0.25, -0.2) is 4.98 Å². The number of hydrogen-bond acceptors (Lipinski definition) is 5. The van der Waals surface area contributed by atoms with E-state index >= 15 is 0 Å². The van der Waals surface area contributed by atoms with E-state index in [2.05, 4.69) is 20.6 Å². The Morgan fingerprint density at radius 2 is 1.76 bits per heavy atom. The number of aromatic nitrogens is 2. The molecule has 1 saturated carbocycles. The van der Waals surface area contributed by atoms with Gasteiger partial charge < -0.3 is 25.8 Å². The zero-order valence-electron chi connectivity index (χ0n) is 23.1. The largest absolute Gasteiger partial charge is 0.390 e. The van der Waals surface area contributed by atoms with E-state index < -0.39 is 24.3 Å². The Morgan fingerprint density at radius 1 is 1.05 bits per heavy atom. The van der Waals surface area contributed by atoms with Crippen LogP contribution in [0.25, 0.3) is 0 Å². The summed E-state index contributed by atoms with van der Waals surface area (Å²) in [6.45, 7) is 5.99. The average molecular weight is 527 g/mol. The summed E-state index contributed by atoms with van der Waals surface area (Å²) in [6.07, 6.45) is 8.35. The van der Waals surface area contributed by atoms with E-state index in [1.54, 1.807) is 12.5 Å². The first-order valence-electron chi connectivity index (χ1n) is 14.2. The average Bonchev–Trinajstić information content (AvgIpc) is 3.41. The Bertz CT molecular complexity index is 960. The van der Waals surface area contributed by atoms with Crippen molar-refractivity contribution < 1.29 is 19.8 Å². The Labute approximate surface area is 227 Å². The second-order valence-electron chi connectivity index (χ2n) is 11.5. The van der Waals surface area contributed by atoms with E-state index in [9.17, 15) is 19.8 Å². The number of nitrogens with one attached hydrogen (secondary N) is 3. The van der Waals surface area contributed by atoms with Crippen LogP contribution in [-0.4, -0.2) is 56.3 Å². The SMILES string of the molecule is CC(C)C[C@H](O)[C@H](O)[C@H](CC1CCCCC1)NC(=O)[C@H](Cc1cnc[nH]1)NC(=O)C[C@H](C)c1ccccc1. The third kappa shape index (κ3) is 9.55. The summed E-state index contributed by atoms with van der Waals surface area (Å²) >= 11 is 0. The molecule has 0 unspecified atom stereocenters. The zero-order valence-corrected chi connectivity index (χ0v) is 23.1. The van der Waals surface area contributed by atoms with E-state index in [1.807, 2.05) is 51.1 Å². The number of nitrogens with zero attached hydrogens (tertiary/aromatic N) is 1. The predicted molar refractivity (Wildman–Crippen MR) is 148 cm³/mol. The number of benzene rings is 1. The maximum Gasteiger partial charge on any atom is 0.243 e. The molecule has 2 aromatic rings. The van der Waals surface area contributed by atoms with Crippen molar-refractivity contribution in [1.29, 1.82) is 0 Å². The fourth-order valence-corrected chi connectivity index (χ4v) is 5.50. The molecule has 2 amide bonds. The number of imidazole rings is 1. The number of carbonyl (C=O) groups excluding carboxylic acids is 2. The smallest absolute Gasteiger partial charge is 0.243 e. The molecule has 5 atom stereocenters. The van der Waals surface area contributed by atoms with Crippen LogP contribution in [0.3, 0.4) is 0 Å². The lowest BCUT2D eigenvalue weighted by Gasteiger charge is -2.33. The van der Waals surface area contributed by atoms with Gasteiger partial charge in [0, 0.05) is 24.7 Å². The monoisotopic (exact) mass is 526 g/mol. The number of amides is 2. The van der Waals surface area contributed by atoms with Gasteiger partial charge in [0.2, 0.25) is 11.8 Å². The van der Waals surface area contributed by atoms with Crippen LogP contribution < -0.4 is 10.6 Å². The highest BCUT2D eigenvalue weighted by atomic mass is 16.3. The Morgan fingerprint density at radius 3 is 2.39 bits per heavy atom. The summed E-state index contributed by atoms with van der Waals surface area (Å²) in [7, 11) is 0. The van der Waals surface area contributed by atoms with Crippen LogP contribution in [0.15, 0.2) is 42.9 Å². The molecule has 8 nitrogen and oxygen atoms in total. The lowest BCUT2D eigenvalue weighted by molar-refractivity contribution is -0.130. The number of rotatable bonds is 14. The standard InChI is InChI=1S/C30H46N4O4/c1-20(2)14-27(35)29(37)25(16-22-10-6-4-7-11-22)34-30(38)26(17-24-18-31-19-32-24)33-28(36)15-21(3)23-12-8-5-9-13-23/h5,8-9,12-13,18-22,25-27,29,35,37H,4,6-7,10-11,14-17H2,1-3H3,(H,31,32)(H,33,36)(H,34,38)/t21-,25-,26-,27-,29+/m0/s1. The summed E-state index contributed by atoms with van der Waals surface area (Å²) in [4.78, 5) is 33.7. The molecule has 1 fully saturated rings. The number of aliphatic hydroxyl groups is 2. The predicted octanol–water partition coefficient (Wildman–Crippen LogP) is 3.85. The van der Waals surface area contributed by atoms with Crippen LogP contribution in [-0.2, 0) is 16.0 Å². The van der Waals surface area contributed by atoms with Crippen molar-refractivity contribution in [2.45, 2.75) is 109 Å². The number of H-pyrrole nitrogens is 1. The lowest BCUT2D eigenvalue weighted by Crippen LogP contribution is -2.56. The minimum Gasteiger partial charge on any atom is -0.390 e. The number of aromatic amines is 1. The molecule has 1 heterocycles. The highest BCUT2D eigenvalue weighted by Gasteiger charge is 2.33. The maximum atomic E-state index is 13.6. The van der Waals surface area contributed by atoms with Gasteiger partial charge in [0.15, 0.2) is 0 Å². The molecule has 5 N–H and O–H groups in total. The number of hydrogen-bond donors (Lipinski definition) is 5. The van der Waals surface area contributed by atoms with Crippen LogP contribution in [0.1, 0.15) is 89.3 Å². The van der Waals surface area contributed by atoms with Crippen molar-refractivity contribution in [3.63, 3.8) is 0 Å². The van der Waals surface area contributed by atoms with Crippen molar-refractivity contribution in [3.05, 3.63) is 54.1 Å². The topological polar surface area (TPSA) is 127 Å². The highest BCUT2D eigenvalue weighted by molar-refractivity contribution is 5.88. The first-order chi connectivity index (χ1) is 18.2. The fourth-order valence-electron chi connectivity index (χ4n) is 5.50. The van der Waals surface area contributed by atoms with E-state index in [-0.39, 0.29) is 36.5 Å². The lowest BCUT2D eigenvalue weighted by atomic mass is 9.82. The van der Waals surface area contributed by atoms with Crippen LogP contribution in [0, 0.1) is 11.8 Å². The van der Waals surface area contributed by atoms with Gasteiger partial charge >= 0.3 is 0 Å². The van der Waals surface area contributed by atoms with E-state index in [0.717, 1.165) is 36.9 Å². The molecule has 8 heteroatoms. The van der Waals surface area contributed by atoms with Gasteiger partial charge in [-0.1, -0.05) is 83.2 Å². The minimum atomic E-state index is -1.08. The van der Waals surface area contributed by atoms with Gasteiger partial charge in [0.25, 0.3) is 0 Å². The molecular weight excluding hydrogens is 480 g/mol. The van der Waals surface area contributed by atoms with Crippen LogP contribution in [0.4, 0.5) is 0 Å². The third-order valence-electron chi connectivity index (χ3n) is 7.65. The molecule has 1 aliphatic carbocycles. The fraction of sp³-hybridized carbons (Fsp3) is 0.633. The van der Waals surface area contributed by atoms with Gasteiger partial charge in [-0.05, 0) is 36.2 Å². The summed E-state index contributed by atoms with van der Waals surface area (Å²) in [5.41, 5.74) is 1.79. The summed E-state index contributed by atoms with van der Waals surface area (Å²) in [6, 6.07) is 8.39. The van der Waals surface area contributed by atoms with Gasteiger partial charge in [0.1, 0.15) is 12.1 Å². The van der Waals surface area contributed by atoms with E-state index in [0.29, 0.717) is 18.8 Å². The molecular formula is C30H46N4O4. The van der Waals surface area contributed by atoms with Gasteiger partial charge in [-0.3, -0.25) is 9.59 Å². The minimum absolute atomic E-state index is 0.000816. The molecule has 1 aliphatic rings. The second kappa shape index (κ2) is 15.0. The number of aliphatic hydroxyl groups excluding tert-OH is 2. The van der Waals surface area contributed by atoms with Gasteiger partial charge in [-0.2, -0.15) is 0 Å². The van der Waals surface area contributed by atoms with Crippen molar-refractivity contribution in [3.8, 4) is 0 Å². The van der Waals surface area contributed by atoms with Crippen molar-refractivity contribution >= 4 is 11.8 Å². The summed E-state index contributed by atoms with van der Waals surface area (Å²) in [5.74, 6) is 0.0216. The molecule has 0 spiro atoms. The Hall–Kier alpha value is -2.71. The van der Waals surface area contributed by atoms with Crippen LogP contribution in [0.5, 0.6) is 0 Å². The van der Waals surface area contributed by atoms with Crippen molar-refractivity contribution in [2.75, 3.05) is 0 Å². The molecule has 1 aromatic carbocycles. The van der Waals surface area contributed by atoms with Gasteiger partial charge in [-0.15, -0.1) is 0 Å².